The first kappa shape index (κ1) is 5.15. The third-order valence-electron chi connectivity index (χ3n) is 0.341. The van der Waals surface area contributed by atoms with Crippen LogP contribution in [0.25, 0.3) is 0 Å². The monoisotopic (exact) mass is 86.0 g/mol. The average Bonchev–Trinajstić information content (AvgIpc) is 1.41. The van der Waals surface area contributed by atoms with E-state index in [1.165, 1.54) is 0 Å². The molecule has 0 radical (unpaired) electrons. The van der Waals surface area contributed by atoms with Gasteiger partial charge in [0.25, 0.3) is 0 Å². The predicted molar refractivity (Wildman–Crippen MR) is 31.5 cm³/mol. The van der Waals surface area contributed by atoms with Crippen molar-refractivity contribution in [2.75, 3.05) is 5.75 Å². The summed E-state index contributed by atoms with van der Waals surface area (Å²) in [5.41, 5.74) is 0. The van der Waals surface area contributed by atoms with Crippen molar-refractivity contribution in [2.24, 2.45) is 0 Å². The van der Waals surface area contributed by atoms with E-state index < -0.39 is 0 Å². The highest BCUT2D eigenvalue weighted by Crippen LogP contribution is 1.69. The molecule has 0 aromatic rings. The van der Waals surface area contributed by atoms with Crippen LogP contribution in [0.2, 0.25) is 0 Å². The van der Waals surface area contributed by atoms with Gasteiger partial charge < -0.3 is 0 Å². The van der Waals surface area contributed by atoms with Crippen molar-refractivity contribution in [3.8, 4) is 0 Å². The van der Waals surface area contributed by atoms with Gasteiger partial charge in [0.1, 0.15) is 7.85 Å². The fourth-order valence-corrected chi connectivity index (χ4v) is 0.316. The summed E-state index contributed by atoms with van der Waals surface area (Å²) in [6, 6.07) is 0. The van der Waals surface area contributed by atoms with Crippen molar-refractivity contribution in [2.45, 2.75) is 0 Å². The first-order valence-corrected chi connectivity index (χ1v) is 2.27. The van der Waals surface area contributed by atoms with Crippen LogP contribution in [0.1, 0.15) is 0 Å². The number of hydrogen-bond donors (Lipinski definition) is 1. The molecule has 0 spiro atoms. The van der Waals surface area contributed by atoms with Crippen LogP contribution in [0, 0.1) is 0 Å². The van der Waals surface area contributed by atoms with E-state index in [-0.39, 0.29) is 0 Å². The highest BCUT2D eigenvalue weighted by Gasteiger charge is 1.53. The quantitative estimate of drug-likeness (QED) is 0.338. The molecule has 0 aromatic heterocycles. The molecular formula is C3H7BS. The van der Waals surface area contributed by atoms with Crippen molar-refractivity contribution >= 4 is 20.5 Å². The summed E-state index contributed by atoms with van der Waals surface area (Å²) in [6.45, 7) is 0. The Hall–Kier alpha value is 0.155. The molecule has 0 saturated heterocycles. The van der Waals surface area contributed by atoms with Crippen molar-refractivity contribution < 1.29 is 0 Å². The zero-order chi connectivity index (χ0) is 4.12. The number of hydrogen-bond acceptors (Lipinski definition) is 1. The SMILES string of the molecule is B/C=C/CS. The minimum atomic E-state index is 0.858. The predicted octanol–water partition coefficient (Wildman–Crippen LogP) is 0.0630. The second kappa shape index (κ2) is 4.15. The molecule has 2 heteroatoms. The maximum absolute atomic E-state index is 3.91. The zero-order valence-electron chi connectivity index (χ0n) is 3.31. The molecule has 0 N–H and O–H groups in total. The molecular weight excluding hydrogens is 78.9 g/mol. The van der Waals surface area contributed by atoms with Gasteiger partial charge in [-0.3, -0.25) is 0 Å². The second-order valence-corrected chi connectivity index (χ2v) is 1.12. The van der Waals surface area contributed by atoms with Gasteiger partial charge in [-0.1, -0.05) is 6.08 Å². The molecule has 0 aromatic carbocycles. The van der Waals surface area contributed by atoms with E-state index >= 15 is 0 Å². The van der Waals surface area contributed by atoms with E-state index in [2.05, 4.69) is 12.6 Å². The average molecular weight is 86.0 g/mol. The molecule has 0 aliphatic heterocycles. The lowest BCUT2D eigenvalue weighted by molar-refractivity contribution is 1.83. The van der Waals surface area contributed by atoms with Gasteiger partial charge in [0, 0.05) is 5.75 Å². The molecule has 0 aliphatic carbocycles. The molecule has 0 fully saturated rings. The Kier molecular flexibility index (Phi) is 4.28. The van der Waals surface area contributed by atoms with Crippen LogP contribution in [0.15, 0.2) is 12.1 Å². The molecule has 0 nitrogen and oxygen atoms in total. The molecule has 0 aliphatic rings. The van der Waals surface area contributed by atoms with E-state index in [1.807, 2.05) is 19.9 Å². The van der Waals surface area contributed by atoms with Crippen LogP contribution in [0.3, 0.4) is 0 Å². The first-order chi connectivity index (χ1) is 2.41. The Morgan fingerprint density at radius 1 is 1.80 bits per heavy atom. The topological polar surface area (TPSA) is 0 Å². The van der Waals surface area contributed by atoms with Gasteiger partial charge in [-0.25, -0.2) is 0 Å². The van der Waals surface area contributed by atoms with Crippen molar-refractivity contribution in [1.29, 1.82) is 0 Å². The maximum atomic E-state index is 3.91. The molecule has 0 bridgehead atoms. The second-order valence-electron chi connectivity index (χ2n) is 0.752. The minimum absolute atomic E-state index is 0.858. The fourth-order valence-electron chi connectivity index (χ4n) is 0.105. The normalized spacial score (nSPS) is 9.80. The summed E-state index contributed by atoms with van der Waals surface area (Å²) in [4.78, 5) is 0. The van der Waals surface area contributed by atoms with Crippen LogP contribution >= 0.6 is 12.6 Å². The van der Waals surface area contributed by atoms with Crippen molar-refractivity contribution in [1.82, 2.24) is 0 Å². The highest BCUT2D eigenvalue weighted by atomic mass is 32.1. The van der Waals surface area contributed by atoms with Crippen LogP contribution in [0.5, 0.6) is 0 Å². The zero-order valence-corrected chi connectivity index (χ0v) is 4.20. The van der Waals surface area contributed by atoms with E-state index in [0.29, 0.717) is 0 Å². The van der Waals surface area contributed by atoms with Gasteiger partial charge >= 0.3 is 0 Å². The Morgan fingerprint density at radius 2 is 2.40 bits per heavy atom. The third kappa shape index (κ3) is 4.15. The van der Waals surface area contributed by atoms with E-state index in [9.17, 15) is 0 Å². The molecule has 0 unspecified atom stereocenters. The van der Waals surface area contributed by atoms with Gasteiger partial charge in [0.05, 0.1) is 0 Å². The van der Waals surface area contributed by atoms with Gasteiger partial charge in [0.2, 0.25) is 0 Å². The third-order valence-corrected chi connectivity index (χ3v) is 0.552. The Labute approximate surface area is 39.1 Å². The summed E-state index contributed by atoms with van der Waals surface area (Å²) in [5.74, 6) is 2.84. The van der Waals surface area contributed by atoms with E-state index in [4.69, 9.17) is 0 Å². The summed E-state index contributed by atoms with van der Waals surface area (Å²) in [6.07, 6.45) is 1.99. The highest BCUT2D eigenvalue weighted by molar-refractivity contribution is 7.80. The van der Waals surface area contributed by atoms with Crippen molar-refractivity contribution in [3.05, 3.63) is 12.1 Å². The summed E-state index contributed by atoms with van der Waals surface area (Å²) in [5, 5.41) is 0. The molecule has 0 atom stereocenters. The molecule has 0 heterocycles. The largest absolute Gasteiger partial charge is 0.175 e. The summed E-state index contributed by atoms with van der Waals surface area (Å²) in [7, 11) is 1.98. The van der Waals surface area contributed by atoms with Gasteiger partial charge in [-0.2, -0.15) is 12.6 Å². The van der Waals surface area contributed by atoms with Crippen LogP contribution in [-0.4, -0.2) is 13.6 Å². The summed E-state index contributed by atoms with van der Waals surface area (Å²) < 4.78 is 0. The molecule has 0 amide bonds. The number of thiol groups is 1. The molecule has 0 saturated carbocycles. The lowest BCUT2D eigenvalue weighted by Crippen LogP contribution is -1.55. The minimum Gasteiger partial charge on any atom is -0.175 e. The lowest BCUT2D eigenvalue weighted by atomic mass is 10.1. The van der Waals surface area contributed by atoms with Crippen LogP contribution < -0.4 is 0 Å². The van der Waals surface area contributed by atoms with Crippen molar-refractivity contribution in [3.63, 3.8) is 0 Å². The van der Waals surface area contributed by atoms with E-state index in [0.717, 1.165) is 5.75 Å². The Balaban J connectivity index is 2.62. The molecule has 5 heavy (non-hydrogen) atoms. The lowest BCUT2D eigenvalue weighted by Gasteiger charge is -1.64. The fraction of sp³-hybridized carbons (Fsp3) is 0.333. The Bertz CT molecular complexity index is 33.9. The molecule has 0 rings (SSSR count). The first-order valence-electron chi connectivity index (χ1n) is 1.64. The number of rotatable bonds is 1. The molecule has 28 valence electrons. The van der Waals surface area contributed by atoms with Gasteiger partial charge in [-0.15, -0.1) is 5.98 Å². The summed E-state index contributed by atoms with van der Waals surface area (Å²) >= 11 is 3.91. The van der Waals surface area contributed by atoms with E-state index in [1.54, 1.807) is 0 Å². The standard InChI is InChI=1S/C3H7BS/c4-2-1-3-5/h1-2,5H,3-4H2/b2-1+. The van der Waals surface area contributed by atoms with Crippen LogP contribution in [-0.2, 0) is 0 Å². The Morgan fingerprint density at radius 3 is 2.40 bits per heavy atom. The van der Waals surface area contributed by atoms with Gasteiger partial charge in [-0.05, 0) is 0 Å². The maximum Gasteiger partial charge on any atom is 0.129 e. The van der Waals surface area contributed by atoms with Crippen LogP contribution in [0.4, 0.5) is 0 Å². The van der Waals surface area contributed by atoms with Gasteiger partial charge in [0.15, 0.2) is 0 Å². The smallest absolute Gasteiger partial charge is 0.129 e.